The van der Waals surface area contributed by atoms with Crippen LogP contribution >= 0.6 is 22.9 Å². The van der Waals surface area contributed by atoms with Crippen LogP contribution in [0.25, 0.3) is 10.6 Å². The van der Waals surface area contributed by atoms with E-state index < -0.39 is 0 Å². The molecule has 0 saturated carbocycles. The Morgan fingerprint density at radius 1 is 1.15 bits per heavy atom. The predicted molar refractivity (Wildman–Crippen MR) is 81.9 cm³/mol. The molecular weight excluding hydrogens is 294 g/mol. The molecule has 0 aliphatic rings. The number of nitrogens with one attached hydrogen (secondary N) is 1. The average molecular weight is 304 g/mol. The maximum atomic E-state index is 6.04. The SMILES string of the molecule is Nc1n[nH]c(-c2cccs2)c1N=Nc1ccccc1Cl. The van der Waals surface area contributed by atoms with Crippen LogP contribution < -0.4 is 5.73 Å². The third-order valence-corrected chi connectivity index (χ3v) is 3.85. The second kappa shape index (κ2) is 5.44. The van der Waals surface area contributed by atoms with Gasteiger partial charge in [-0.15, -0.1) is 21.6 Å². The summed E-state index contributed by atoms with van der Waals surface area (Å²) in [5.41, 5.74) is 7.69. The van der Waals surface area contributed by atoms with Crippen molar-refractivity contribution in [3.05, 3.63) is 46.8 Å². The third-order valence-electron chi connectivity index (χ3n) is 2.65. The van der Waals surface area contributed by atoms with Crippen molar-refractivity contribution >= 4 is 40.1 Å². The molecule has 0 fully saturated rings. The molecule has 0 saturated heterocycles. The summed E-state index contributed by atoms with van der Waals surface area (Å²) in [6.07, 6.45) is 0. The fourth-order valence-electron chi connectivity index (χ4n) is 1.68. The van der Waals surface area contributed by atoms with E-state index in [0.717, 1.165) is 10.6 Å². The molecule has 0 spiro atoms. The van der Waals surface area contributed by atoms with Gasteiger partial charge < -0.3 is 5.73 Å². The van der Waals surface area contributed by atoms with Gasteiger partial charge in [-0.05, 0) is 23.6 Å². The van der Waals surface area contributed by atoms with E-state index in [-0.39, 0.29) is 0 Å². The maximum Gasteiger partial charge on any atom is 0.173 e. The van der Waals surface area contributed by atoms with Gasteiger partial charge in [-0.25, -0.2) is 0 Å². The molecule has 20 heavy (non-hydrogen) atoms. The number of nitrogens with zero attached hydrogens (tertiary/aromatic N) is 3. The molecule has 0 aliphatic heterocycles. The lowest BCUT2D eigenvalue weighted by molar-refractivity contribution is 1.11. The number of aromatic amines is 1. The Hall–Kier alpha value is -2.18. The summed E-state index contributed by atoms with van der Waals surface area (Å²) in [7, 11) is 0. The van der Waals surface area contributed by atoms with Crippen LogP contribution in [0.1, 0.15) is 0 Å². The highest BCUT2D eigenvalue weighted by atomic mass is 35.5. The molecule has 0 radical (unpaired) electrons. The first-order valence-corrected chi connectivity index (χ1v) is 7.05. The van der Waals surface area contributed by atoms with Crippen LogP contribution in [0, 0.1) is 0 Å². The molecule has 1 aromatic carbocycles. The van der Waals surface area contributed by atoms with Gasteiger partial charge in [-0.3, -0.25) is 5.10 Å². The average Bonchev–Trinajstić information content (AvgIpc) is 3.08. The number of hydrogen-bond donors (Lipinski definition) is 2. The smallest absolute Gasteiger partial charge is 0.173 e. The van der Waals surface area contributed by atoms with Crippen molar-refractivity contribution in [1.29, 1.82) is 0 Å². The summed E-state index contributed by atoms with van der Waals surface area (Å²) in [5, 5.41) is 17.7. The summed E-state index contributed by atoms with van der Waals surface area (Å²) in [5.74, 6) is 0.309. The van der Waals surface area contributed by atoms with Gasteiger partial charge in [0, 0.05) is 0 Å². The minimum Gasteiger partial charge on any atom is -0.380 e. The van der Waals surface area contributed by atoms with Gasteiger partial charge in [-0.2, -0.15) is 5.10 Å². The van der Waals surface area contributed by atoms with Gasteiger partial charge in [0.15, 0.2) is 11.5 Å². The summed E-state index contributed by atoms with van der Waals surface area (Å²) in [6, 6.07) is 11.1. The Balaban J connectivity index is 1.99. The normalized spacial score (nSPS) is 11.2. The standard InChI is InChI=1S/C13H10ClN5S/c14-8-4-1-2-5-9(8)16-18-12-11(17-19-13(12)15)10-6-3-7-20-10/h1-7H,(H3,15,17,19). The minimum atomic E-state index is 0.309. The van der Waals surface area contributed by atoms with Crippen LogP contribution in [0.3, 0.4) is 0 Å². The molecule has 2 heterocycles. The summed E-state index contributed by atoms with van der Waals surface area (Å²) < 4.78 is 0. The molecule has 2 aromatic heterocycles. The first-order valence-electron chi connectivity index (χ1n) is 5.79. The molecule has 3 rings (SSSR count). The summed E-state index contributed by atoms with van der Waals surface area (Å²) in [6.45, 7) is 0. The van der Waals surface area contributed by atoms with Crippen LogP contribution in [0.5, 0.6) is 0 Å². The maximum absolute atomic E-state index is 6.04. The highest BCUT2D eigenvalue weighted by Gasteiger charge is 2.13. The van der Waals surface area contributed by atoms with Gasteiger partial charge in [0.25, 0.3) is 0 Å². The number of nitrogens with two attached hydrogens (primary N) is 1. The number of H-pyrrole nitrogens is 1. The molecule has 100 valence electrons. The quantitative estimate of drug-likeness (QED) is 0.682. The monoisotopic (exact) mass is 303 g/mol. The molecule has 5 nitrogen and oxygen atoms in total. The predicted octanol–water partition coefficient (Wildman–Crippen LogP) is 4.79. The number of aromatic nitrogens is 2. The van der Waals surface area contributed by atoms with Crippen LogP contribution in [-0.4, -0.2) is 10.2 Å². The zero-order valence-corrected chi connectivity index (χ0v) is 11.8. The minimum absolute atomic E-state index is 0.309. The number of anilines is 1. The number of azo groups is 1. The van der Waals surface area contributed by atoms with Crippen LogP contribution in [0.4, 0.5) is 17.2 Å². The second-order valence-electron chi connectivity index (χ2n) is 3.96. The Kier molecular flexibility index (Phi) is 3.49. The van der Waals surface area contributed by atoms with Crippen LogP contribution in [0.2, 0.25) is 5.02 Å². The second-order valence-corrected chi connectivity index (χ2v) is 5.32. The van der Waals surface area contributed by atoms with Gasteiger partial charge in [0.1, 0.15) is 11.4 Å². The number of hydrogen-bond acceptors (Lipinski definition) is 5. The zero-order valence-electron chi connectivity index (χ0n) is 10.2. The summed E-state index contributed by atoms with van der Waals surface area (Å²) in [4.78, 5) is 1.00. The first-order chi connectivity index (χ1) is 9.75. The Labute approximate surface area is 124 Å². The van der Waals surface area contributed by atoms with Gasteiger partial charge in [0.05, 0.1) is 9.90 Å². The number of nitrogen functional groups attached to an aromatic ring is 1. The highest BCUT2D eigenvalue weighted by Crippen LogP contribution is 2.36. The van der Waals surface area contributed by atoms with Gasteiger partial charge >= 0.3 is 0 Å². The van der Waals surface area contributed by atoms with E-state index in [1.807, 2.05) is 29.6 Å². The molecular formula is C13H10ClN5S. The van der Waals surface area contributed by atoms with E-state index in [1.165, 1.54) is 0 Å². The van der Waals surface area contributed by atoms with Crippen molar-refractivity contribution in [2.75, 3.05) is 5.73 Å². The molecule has 3 N–H and O–H groups in total. The lowest BCUT2D eigenvalue weighted by Gasteiger charge is -1.97. The highest BCUT2D eigenvalue weighted by molar-refractivity contribution is 7.13. The van der Waals surface area contributed by atoms with Crippen molar-refractivity contribution in [2.45, 2.75) is 0 Å². The topological polar surface area (TPSA) is 79.4 Å². The van der Waals surface area contributed by atoms with Crippen molar-refractivity contribution < 1.29 is 0 Å². The Morgan fingerprint density at radius 2 is 2.00 bits per heavy atom. The van der Waals surface area contributed by atoms with E-state index in [1.54, 1.807) is 23.5 Å². The molecule has 0 amide bonds. The van der Waals surface area contributed by atoms with Crippen molar-refractivity contribution in [3.8, 4) is 10.6 Å². The number of thiophene rings is 1. The fourth-order valence-corrected chi connectivity index (χ4v) is 2.58. The van der Waals surface area contributed by atoms with E-state index in [9.17, 15) is 0 Å². The zero-order chi connectivity index (χ0) is 13.9. The summed E-state index contributed by atoms with van der Waals surface area (Å²) >= 11 is 7.61. The van der Waals surface area contributed by atoms with Crippen molar-refractivity contribution in [2.24, 2.45) is 10.2 Å². The fraction of sp³-hybridized carbons (Fsp3) is 0. The van der Waals surface area contributed by atoms with Crippen LogP contribution in [0.15, 0.2) is 52.0 Å². The van der Waals surface area contributed by atoms with E-state index in [4.69, 9.17) is 17.3 Å². The number of rotatable bonds is 3. The molecule has 0 unspecified atom stereocenters. The molecule has 0 aliphatic carbocycles. The van der Waals surface area contributed by atoms with E-state index in [2.05, 4.69) is 20.4 Å². The number of benzene rings is 1. The molecule has 7 heteroatoms. The van der Waals surface area contributed by atoms with E-state index >= 15 is 0 Å². The first kappa shape index (κ1) is 12.8. The lowest BCUT2D eigenvalue weighted by Crippen LogP contribution is -1.83. The largest absolute Gasteiger partial charge is 0.380 e. The third kappa shape index (κ3) is 2.43. The molecule has 0 bridgehead atoms. The van der Waals surface area contributed by atoms with Gasteiger partial charge in [0.2, 0.25) is 0 Å². The molecule has 3 aromatic rings. The molecule has 0 atom stereocenters. The number of halogens is 1. The van der Waals surface area contributed by atoms with E-state index in [0.29, 0.717) is 22.2 Å². The van der Waals surface area contributed by atoms with Crippen LogP contribution in [-0.2, 0) is 0 Å². The Morgan fingerprint density at radius 3 is 2.75 bits per heavy atom. The lowest BCUT2D eigenvalue weighted by atomic mass is 10.3. The van der Waals surface area contributed by atoms with Crippen molar-refractivity contribution in [1.82, 2.24) is 10.2 Å². The van der Waals surface area contributed by atoms with Gasteiger partial charge in [-0.1, -0.05) is 29.8 Å². The Bertz CT molecular complexity index is 748. The van der Waals surface area contributed by atoms with Crippen molar-refractivity contribution in [3.63, 3.8) is 0 Å².